The molecule has 1 aliphatic heterocycles. The van der Waals surface area contributed by atoms with Crippen molar-refractivity contribution in [3.63, 3.8) is 0 Å². The Morgan fingerprint density at radius 1 is 0.971 bits per heavy atom. The summed E-state index contributed by atoms with van der Waals surface area (Å²) in [4.78, 5) is 26.2. The van der Waals surface area contributed by atoms with Crippen molar-refractivity contribution in [2.24, 2.45) is 40.6 Å². The summed E-state index contributed by atoms with van der Waals surface area (Å²) in [6, 6.07) is 13.4. The molecule has 0 aromatic heterocycles. The van der Waals surface area contributed by atoms with Gasteiger partial charge < -0.3 is 9.47 Å². The molecule has 0 radical (unpaired) electrons. The van der Waals surface area contributed by atoms with Crippen LogP contribution in [-0.2, 0) is 16.2 Å². The Bertz CT molecular complexity index is 1170. The van der Waals surface area contributed by atoms with Crippen LogP contribution in [0.3, 0.4) is 0 Å². The SMILES string of the molecule is CCOc1cc(/C=N\N2C(=O)[C@@H]3[C@H]4C=C[C@@H]([C@@H]5C[C@@H]45)[C@@H]3C2=O)ccc1OCc1ccc(Br)cc1. The molecule has 2 bridgehead atoms. The average molecular weight is 521 g/mol. The Morgan fingerprint density at radius 2 is 1.65 bits per heavy atom. The highest BCUT2D eigenvalue weighted by Crippen LogP contribution is 2.65. The summed E-state index contributed by atoms with van der Waals surface area (Å²) in [7, 11) is 0. The number of imide groups is 1. The zero-order chi connectivity index (χ0) is 23.4. The number of carbonyl (C=O) groups is 2. The van der Waals surface area contributed by atoms with Crippen LogP contribution in [0.15, 0.2) is 64.2 Å². The predicted octanol–water partition coefficient (Wildman–Crippen LogP) is 4.81. The zero-order valence-corrected chi connectivity index (χ0v) is 20.4. The summed E-state index contributed by atoms with van der Waals surface area (Å²) in [6.07, 6.45) is 7.04. The highest BCUT2D eigenvalue weighted by molar-refractivity contribution is 9.10. The first kappa shape index (κ1) is 21.6. The summed E-state index contributed by atoms with van der Waals surface area (Å²) in [5.41, 5.74) is 1.78. The van der Waals surface area contributed by atoms with E-state index in [9.17, 15) is 9.59 Å². The molecule has 6 atom stereocenters. The van der Waals surface area contributed by atoms with Crippen molar-refractivity contribution in [2.75, 3.05) is 6.61 Å². The Kier molecular flexibility index (Phi) is 5.32. The summed E-state index contributed by atoms with van der Waals surface area (Å²) >= 11 is 3.44. The van der Waals surface area contributed by atoms with Gasteiger partial charge in [-0.2, -0.15) is 10.1 Å². The van der Waals surface area contributed by atoms with Crippen LogP contribution < -0.4 is 9.47 Å². The molecule has 1 heterocycles. The van der Waals surface area contributed by atoms with Crippen LogP contribution in [0.1, 0.15) is 24.5 Å². The van der Waals surface area contributed by atoms with E-state index in [1.54, 1.807) is 6.21 Å². The first-order valence-corrected chi connectivity index (χ1v) is 12.6. The lowest BCUT2D eigenvalue weighted by Crippen LogP contribution is -2.40. The predicted molar refractivity (Wildman–Crippen MR) is 130 cm³/mol. The minimum absolute atomic E-state index is 0.157. The van der Waals surface area contributed by atoms with Crippen molar-refractivity contribution >= 4 is 34.0 Å². The molecule has 2 amide bonds. The standard InChI is InChI=1S/C27H25BrN2O4/c1-2-33-23-11-16(5-10-22(23)34-14-15-3-6-17(28)7-4-15)13-29-30-26(31)24-18-8-9-19(21-12-20(18)21)25(24)27(30)32/h3-11,13,18-21,24-25H,2,12,14H2,1H3/b29-13-/t18-,19-,20-,21-,24-,25+/m0/s1. The Labute approximate surface area is 206 Å². The number of hydrogen-bond acceptors (Lipinski definition) is 5. The van der Waals surface area contributed by atoms with Gasteiger partial charge in [0.2, 0.25) is 0 Å². The smallest absolute Gasteiger partial charge is 0.254 e. The first-order chi connectivity index (χ1) is 16.5. The number of ether oxygens (including phenoxy) is 2. The molecule has 6 nitrogen and oxygen atoms in total. The molecule has 2 aromatic rings. The van der Waals surface area contributed by atoms with Crippen LogP contribution >= 0.6 is 15.9 Å². The fourth-order valence-corrected chi connectivity index (χ4v) is 6.18. The van der Waals surface area contributed by atoms with Crippen molar-refractivity contribution in [3.8, 4) is 11.5 Å². The number of hydrogen-bond donors (Lipinski definition) is 0. The minimum atomic E-state index is -0.239. The molecule has 34 heavy (non-hydrogen) atoms. The Morgan fingerprint density at radius 3 is 2.29 bits per heavy atom. The second-order valence-electron chi connectivity index (χ2n) is 9.44. The maximum Gasteiger partial charge on any atom is 0.254 e. The third-order valence-electron chi connectivity index (χ3n) is 7.54. The summed E-state index contributed by atoms with van der Waals surface area (Å²) in [5, 5.41) is 5.43. The molecule has 3 fully saturated rings. The lowest BCUT2D eigenvalue weighted by Gasteiger charge is -2.37. The molecule has 0 spiro atoms. The van der Waals surface area contributed by atoms with E-state index in [0.717, 1.165) is 27.0 Å². The van der Waals surface area contributed by atoms with E-state index in [2.05, 4.69) is 33.2 Å². The molecule has 2 saturated carbocycles. The summed E-state index contributed by atoms with van der Waals surface area (Å²) in [6.45, 7) is 2.81. The van der Waals surface area contributed by atoms with Gasteiger partial charge in [-0.3, -0.25) is 9.59 Å². The normalized spacial score (nSPS) is 30.6. The monoisotopic (exact) mass is 520 g/mol. The van der Waals surface area contributed by atoms with E-state index >= 15 is 0 Å². The average Bonchev–Trinajstić information content (AvgIpc) is 3.63. The van der Waals surface area contributed by atoms with E-state index in [1.165, 1.54) is 0 Å². The van der Waals surface area contributed by atoms with E-state index < -0.39 is 0 Å². The molecule has 2 aromatic carbocycles. The second kappa shape index (κ2) is 8.38. The van der Waals surface area contributed by atoms with Gasteiger partial charge in [-0.05, 0) is 78.5 Å². The molecule has 7 heteroatoms. The van der Waals surface area contributed by atoms with Crippen LogP contribution in [0.2, 0.25) is 0 Å². The fourth-order valence-electron chi connectivity index (χ4n) is 5.91. The van der Waals surface area contributed by atoms with Crippen LogP contribution in [0.5, 0.6) is 11.5 Å². The molecule has 4 aliphatic carbocycles. The molecule has 0 N–H and O–H groups in total. The molecular weight excluding hydrogens is 496 g/mol. The van der Waals surface area contributed by atoms with Crippen LogP contribution in [0.25, 0.3) is 0 Å². The van der Waals surface area contributed by atoms with Gasteiger partial charge in [0.25, 0.3) is 11.8 Å². The van der Waals surface area contributed by atoms with Gasteiger partial charge in [0.05, 0.1) is 24.7 Å². The topological polar surface area (TPSA) is 68.2 Å². The minimum Gasteiger partial charge on any atom is -0.490 e. The van der Waals surface area contributed by atoms with Gasteiger partial charge in [-0.1, -0.05) is 40.2 Å². The van der Waals surface area contributed by atoms with Crippen molar-refractivity contribution < 1.29 is 19.1 Å². The number of allylic oxidation sites excluding steroid dienone is 2. The number of hydrazone groups is 1. The van der Waals surface area contributed by atoms with Gasteiger partial charge in [0.1, 0.15) is 6.61 Å². The zero-order valence-electron chi connectivity index (χ0n) is 18.8. The third-order valence-corrected chi connectivity index (χ3v) is 8.07. The molecule has 174 valence electrons. The van der Waals surface area contributed by atoms with E-state index in [0.29, 0.717) is 36.5 Å². The highest BCUT2D eigenvalue weighted by Gasteiger charge is 2.67. The van der Waals surface area contributed by atoms with Gasteiger partial charge >= 0.3 is 0 Å². The number of nitrogens with zero attached hydrogens (tertiary/aromatic N) is 2. The van der Waals surface area contributed by atoms with E-state index in [1.807, 2.05) is 49.4 Å². The number of benzene rings is 2. The van der Waals surface area contributed by atoms with Gasteiger partial charge in [0, 0.05) is 4.47 Å². The molecule has 7 rings (SSSR count). The highest BCUT2D eigenvalue weighted by atomic mass is 79.9. The Balaban J connectivity index is 1.18. The van der Waals surface area contributed by atoms with E-state index in [-0.39, 0.29) is 35.5 Å². The van der Waals surface area contributed by atoms with Crippen LogP contribution in [0.4, 0.5) is 0 Å². The van der Waals surface area contributed by atoms with Crippen LogP contribution in [-0.4, -0.2) is 29.6 Å². The molecular formula is C27H25BrN2O4. The lowest BCUT2D eigenvalue weighted by molar-refractivity contribution is -0.140. The van der Waals surface area contributed by atoms with Crippen molar-refractivity contribution in [2.45, 2.75) is 20.0 Å². The molecule has 5 aliphatic rings. The van der Waals surface area contributed by atoms with Crippen molar-refractivity contribution in [1.29, 1.82) is 0 Å². The maximum atomic E-state index is 13.1. The van der Waals surface area contributed by atoms with E-state index in [4.69, 9.17) is 9.47 Å². The molecule has 0 unspecified atom stereocenters. The largest absolute Gasteiger partial charge is 0.490 e. The van der Waals surface area contributed by atoms with Gasteiger partial charge in [0.15, 0.2) is 11.5 Å². The van der Waals surface area contributed by atoms with Gasteiger partial charge in [-0.15, -0.1) is 0 Å². The summed E-state index contributed by atoms with van der Waals surface area (Å²) < 4.78 is 12.8. The first-order valence-electron chi connectivity index (χ1n) is 11.8. The van der Waals surface area contributed by atoms with Gasteiger partial charge in [-0.25, -0.2) is 0 Å². The fraction of sp³-hybridized carbons (Fsp3) is 0.370. The Hall–Kier alpha value is -2.93. The second-order valence-corrected chi connectivity index (χ2v) is 10.4. The number of rotatable bonds is 7. The number of carbonyl (C=O) groups excluding carboxylic acids is 2. The third kappa shape index (κ3) is 3.57. The quantitative estimate of drug-likeness (QED) is 0.298. The van der Waals surface area contributed by atoms with Crippen molar-refractivity contribution in [3.05, 3.63) is 70.2 Å². The molecule has 1 saturated heterocycles. The van der Waals surface area contributed by atoms with Crippen LogP contribution in [0, 0.1) is 35.5 Å². The number of halogens is 1. The number of amides is 2. The summed E-state index contributed by atoms with van der Waals surface area (Å²) in [5.74, 6) is 1.99. The van der Waals surface area contributed by atoms with Crippen molar-refractivity contribution in [1.82, 2.24) is 5.01 Å². The maximum absolute atomic E-state index is 13.1. The lowest BCUT2D eigenvalue weighted by atomic mass is 9.63.